The molecule has 104 valence electrons. The fourth-order valence-corrected chi connectivity index (χ4v) is 6.80. The Balaban J connectivity index is 5.20. The Bertz CT molecular complexity index is 161. The van der Waals surface area contributed by atoms with E-state index in [2.05, 4.69) is 60.6 Å². The second-order valence-electron chi connectivity index (χ2n) is 4.08. The normalized spacial score (nSPS) is 12.7. The SMILES string of the molecule is CCN[Si](NCC)(N(CC)CC)N(CC)CC. The van der Waals surface area contributed by atoms with Gasteiger partial charge in [-0.05, 0) is 39.3 Å². The van der Waals surface area contributed by atoms with Crippen LogP contribution in [0.2, 0.25) is 0 Å². The molecule has 0 unspecified atom stereocenters. The van der Waals surface area contributed by atoms with Crippen LogP contribution < -0.4 is 9.96 Å². The van der Waals surface area contributed by atoms with Crippen LogP contribution in [0, 0.1) is 0 Å². The quantitative estimate of drug-likeness (QED) is 0.580. The predicted octanol–water partition coefficient (Wildman–Crippen LogP) is 1.32. The molecule has 4 nitrogen and oxygen atoms in total. The first-order valence-corrected chi connectivity index (χ1v) is 9.06. The van der Waals surface area contributed by atoms with Gasteiger partial charge in [-0.25, -0.2) is 0 Å². The zero-order valence-corrected chi connectivity index (χ0v) is 13.6. The maximum absolute atomic E-state index is 3.78. The molecule has 0 aromatic rings. The molecule has 0 radical (unpaired) electrons. The van der Waals surface area contributed by atoms with E-state index in [0.717, 1.165) is 39.3 Å². The summed E-state index contributed by atoms with van der Waals surface area (Å²) >= 11 is 0. The van der Waals surface area contributed by atoms with Crippen molar-refractivity contribution in [3.05, 3.63) is 0 Å². The second-order valence-corrected chi connectivity index (χ2v) is 7.39. The molecule has 0 spiro atoms. The van der Waals surface area contributed by atoms with E-state index in [1.54, 1.807) is 0 Å². The molecule has 0 aromatic heterocycles. The number of nitrogens with zero attached hydrogens (tertiary/aromatic N) is 2. The minimum atomic E-state index is -1.89. The Hall–Kier alpha value is 0.0569. The summed E-state index contributed by atoms with van der Waals surface area (Å²) in [6.45, 7) is 19.8. The smallest absolute Gasteiger partial charge is 0.301 e. The van der Waals surface area contributed by atoms with E-state index in [4.69, 9.17) is 0 Å². The maximum atomic E-state index is 3.78. The molecule has 5 heteroatoms. The molecule has 0 bridgehead atoms. The van der Waals surface area contributed by atoms with Crippen LogP contribution >= 0.6 is 0 Å². The molecular weight excluding hydrogens is 228 g/mol. The van der Waals surface area contributed by atoms with E-state index in [9.17, 15) is 0 Å². The van der Waals surface area contributed by atoms with Crippen molar-refractivity contribution >= 4 is 8.72 Å². The Kier molecular flexibility index (Phi) is 9.08. The second kappa shape index (κ2) is 9.05. The van der Waals surface area contributed by atoms with Crippen LogP contribution in [-0.4, -0.2) is 57.1 Å². The van der Waals surface area contributed by atoms with Crippen molar-refractivity contribution in [2.45, 2.75) is 41.5 Å². The summed E-state index contributed by atoms with van der Waals surface area (Å²) in [5, 5.41) is 0. The third-order valence-electron chi connectivity index (χ3n) is 3.29. The van der Waals surface area contributed by atoms with Crippen LogP contribution in [0.25, 0.3) is 0 Å². The first-order chi connectivity index (χ1) is 8.16. The summed E-state index contributed by atoms with van der Waals surface area (Å²) in [6, 6.07) is 0. The van der Waals surface area contributed by atoms with Crippen molar-refractivity contribution in [2.24, 2.45) is 0 Å². The largest absolute Gasteiger partial charge is 0.371 e. The van der Waals surface area contributed by atoms with Crippen LogP contribution in [0.1, 0.15) is 41.5 Å². The lowest BCUT2D eigenvalue weighted by atomic mass is 10.7. The van der Waals surface area contributed by atoms with Crippen LogP contribution in [0.4, 0.5) is 0 Å². The zero-order valence-electron chi connectivity index (χ0n) is 12.6. The van der Waals surface area contributed by atoms with Crippen LogP contribution in [0.3, 0.4) is 0 Å². The highest BCUT2D eigenvalue weighted by Crippen LogP contribution is 2.09. The minimum Gasteiger partial charge on any atom is -0.301 e. The van der Waals surface area contributed by atoms with E-state index in [1.807, 2.05) is 0 Å². The van der Waals surface area contributed by atoms with Crippen molar-refractivity contribution in [3.8, 4) is 0 Å². The van der Waals surface area contributed by atoms with Gasteiger partial charge in [0, 0.05) is 0 Å². The van der Waals surface area contributed by atoms with Gasteiger partial charge in [0.25, 0.3) is 0 Å². The zero-order chi connectivity index (χ0) is 13.3. The van der Waals surface area contributed by atoms with Gasteiger partial charge >= 0.3 is 8.72 Å². The summed E-state index contributed by atoms with van der Waals surface area (Å²) in [6.07, 6.45) is 0. The Morgan fingerprint density at radius 3 is 1.12 bits per heavy atom. The first-order valence-electron chi connectivity index (χ1n) is 7.16. The van der Waals surface area contributed by atoms with Gasteiger partial charge in [0.2, 0.25) is 0 Å². The highest BCUT2D eigenvalue weighted by Gasteiger charge is 2.43. The predicted molar refractivity (Wildman–Crippen MR) is 78.9 cm³/mol. The number of nitrogens with one attached hydrogen (secondary N) is 2. The molecule has 0 heterocycles. The van der Waals surface area contributed by atoms with Gasteiger partial charge in [0.15, 0.2) is 0 Å². The van der Waals surface area contributed by atoms with Crippen LogP contribution in [0.5, 0.6) is 0 Å². The fraction of sp³-hybridized carbons (Fsp3) is 1.00. The van der Waals surface area contributed by atoms with Gasteiger partial charge in [0.1, 0.15) is 0 Å². The monoisotopic (exact) mass is 260 g/mol. The molecule has 0 amide bonds. The highest BCUT2D eigenvalue weighted by atomic mass is 28.4. The van der Waals surface area contributed by atoms with Gasteiger partial charge in [-0.3, -0.25) is 9.13 Å². The van der Waals surface area contributed by atoms with Gasteiger partial charge in [0.05, 0.1) is 0 Å². The standard InChI is InChI=1S/C12H32N4Si/c1-7-13-17(14-8-2,15(9-3)10-4)16(11-5)12-6/h13-14H,7-12H2,1-6H3. The molecule has 0 aliphatic heterocycles. The van der Waals surface area contributed by atoms with E-state index in [-0.39, 0.29) is 0 Å². The van der Waals surface area contributed by atoms with Crippen molar-refractivity contribution in [1.29, 1.82) is 0 Å². The average Bonchev–Trinajstić information content (AvgIpc) is 2.32. The van der Waals surface area contributed by atoms with E-state index in [1.165, 1.54) is 0 Å². The van der Waals surface area contributed by atoms with E-state index < -0.39 is 8.72 Å². The van der Waals surface area contributed by atoms with E-state index in [0.29, 0.717) is 0 Å². The number of rotatable bonds is 10. The third kappa shape index (κ3) is 4.03. The molecule has 0 aromatic carbocycles. The Morgan fingerprint density at radius 1 is 0.647 bits per heavy atom. The van der Waals surface area contributed by atoms with Crippen molar-refractivity contribution in [3.63, 3.8) is 0 Å². The molecule has 0 aliphatic carbocycles. The molecule has 17 heavy (non-hydrogen) atoms. The van der Waals surface area contributed by atoms with Crippen LogP contribution in [-0.2, 0) is 0 Å². The lowest BCUT2D eigenvalue weighted by Gasteiger charge is -2.47. The van der Waals surface area contributed by atoms with Gasteiger partial charge < -0.3 is 9.96 Å². The van der Waals surface area contributed by atoms with Crippen molar-refractivity contribution in [1.82, 2.24) is 19.1 Å². The van der Waals surface area contributed by atoms with Crippen molar-refractivity contribution in [2.75, 3.05) is 39.3 Å². The van der Waals surface area contributed by atoms with Crippen molar-refractivity contribution < 1.29 is 0 Å². The van der Waals surface area contributed by atoms with Gasteiger partial charge in [-0.2, -0.15) is 0 Å². The number of hydrogen-bond acceptors (Lipinski definition) is 4. The lowest BCUT2D eigenvalue weighted by molar-refractivity contribution is 0.321. The Labute approximate surface area is 109 Å². The molecule has 2 N–H and O–H groups in total. The van der Waals surface area contributed by atoms with Crippen LogP contribution in [0.15, 0.2) is 0 Å². The summed E-state index contributed by atoms with van der Waals surface area (Å²) in [5.41, 5.74) is 0. The number of hydrogen-bond donors (Lipinski definition) is 2. The molecule has 0 atom stereocenters. The topological polar surface area (TPSA) is 30.5 Å². The maximum Gasteiger partial charge on any atom is 0.371 e. The first kappa shape index (κ1) is 17.1. The third-order valence-corrected chi connectivity index (χ3v) is 8.08. The fourth-order valence-electron chi connectivity index (χ4n) is 2.57. The summed E-state index contributed by atoms with van der Waals surface area (Å²) in [7, 11) is -1.89. The molecule has 0 saturated heterocycles. The lowest BCUT2D eigenvalue weighted by Crippen LogP contribution is -2.81. The molecule has 0 fully saturated rings. The average molecular weight is 261 g/mol. The molecule has 0 aliphatic rings. The summed E-state index contributed by atoms with van der Waals surface area (Å²) < 4.78 is 5.18. The molecular formula is C12H32N4Si. The van der Waals surface area contributed by atoms with Gasteiger partial charge in [-0.15, -0.1) is 0 Å². The van der Waals surface area contributed by atoms with Gasteiger partial charge in [-0.1, -0.05) is 41.5 Å². The summed E-state index contributed by atoms with van der Waals surface area (Å²) in [5.74, 6) is 0. The van der Waals surface area contributed by atoms with E-state index >= 15 is 0 Å². The Morgan fingerprint density at radius 2 is 0.941 bits per heavy atom. The molecule has 0 rings (SSSR count). The highest BCUT2D eigenvalue weighted by molar-refractivity contribution is 6.69. The summed E-state index contributed by atoms with van der Waals surface area (Å²) in [4.78, 5) is 7.56. The molecule has 0 saturated carbocycles. The minimum absolute atomic E-state index is 1.02.